The lowest BCUT2D eigenvalue weighted by atomic mass is 9.97. The fourth-order valence-corrected chi connectivity index (χ4v) is 8.27. The molecule has 0 atom stereocenters. The van der Waals surface area contributed by atoms with Crippen LogP contribution in [0, 0.1) is 0 Å². The Morgan fingerprint density at radius 1 is 0.422 bits per heavy atom. The molecule has 3 heteroatoms. The normalized spacial score (nSPS) is 12.0. The van der Waals surface area contributed by atoms with Crippen molar-refractivity contribution < 1.29 is 4.42 Å². The van der Waals surface area contributed by atoms with Crippen LogP contribution in [0.25, 0.3) is 91.9 Å². The van der Waals surface area contributed by atoms with Crippen molar-refractivity contribution in [3.05, 3.63) is 152 Å². The summed E-state index contributed by atoms with van der Waals surface area (Å²) >= 11 is 1.83. The van der Waals surface area contributed by atoms with E-state index in [1.165, 1.54) is 58.5 Å². The molecule has 0 aliphatic heterocycles. The number of furan rings is 1. The van der Waals surface area contributed by atoms with E-state index >= 15 is 0 Å². The SMILES string of the molecule is c1cc(-c2ccc(-n3c4ccccc4c4ccccc43)cc2)cc(-c2cccc3c2oc2c3ccc3sc4ccccc4c32)c1. The van der Waals surface area contributed by atoms with Crippen LogP contribution in [0.2, 0.25) is 0 Å². The molecule has 2 nitrogen and oxygen atoms in total. The van der Waals surface area contributed by atoms with Gasteiger partial charge >= 0.3 is 0 Å². The van der Waals surface area contributed by atoms with Gasteiger partial charge in [0, 0.05) is 53.0 Å². The van der Waals surface area contributed by atoms with Crippen LogP contribution in [0.5, 0.6) is 0 Å². The molecule has 0 unspecified atom stereocenters. The van der Waals surface area contributed by atoms with E-state index in [4.69, 9.17) is 4.42 Å². The van der Waals surface area contributed by atoms with E-state index in [0.717, 1.165) is 33.4 Å². The van der Waals surface area contributed by atoms with E-state index in [-0.39, 0.29) is 0 Å². The number of hydrogen-bond donors (Lipinski definition) is 0. The lowest BCUT2D eigenvalue weighted by Crippen LogP contribution is -1.93. The van der Waals surface area contributed by atoms with Gasteiger partial charge in [-0.25, -0.2) is 0 Å². The molecule has 10 rings (SSSR count). The Balaban J connectivity index is 1.09. The molecule has 0 spiro atoms. The zero-order chi connectivity index (χ0) is 29.5. The number of nitrogens with zero attached hydrogens (tertiary/aromatic N) is 1. The van der Waals surface area contributed by atoms with E-state index in [9.17, 15) is 0 Å². The topological polar surface area (TPSA) is 18.1 Å². The summed E-state index contributed by atoms with van der Waals surface area (Å²) in [4.78, 5) is 0. The zero-order valence-electron chi connectivity index (χ0n) is 24.2. The molecule has 0 amide bonds. The summed E-state index contributed by atoms with van der Waals surface area (Å²) in [6.07, 6.45) is 0. The standard InChI is InChI=1S/C42H25NOS/c1-4-16-36-31(11-1)32-12-2-5-17-37(32)43(36)29-21-19-26(20-22-29)27-9-7-10-28(25-27)30-14-8-15-33-34-23-24-39-40(42(34)44-41(30)33)35-13-3-6-18-38(35)45-39/h1-25H. The third-order valence-corrected chi connectivity index (χ3v) is 10.4. The van der Waals surface area contributed by atoms with Gasteiger partial charge in [-0.2, -0.15) is 0 Å². The Kier molecular flexibility index (Phi) is 5.19. The molecular formula is C42H25NOS. The van der Waals surface area contributed by atoms with Crippen LogP contribution >= 0.6 is 11.3 Å². The second-order valence-corrected chi connectivity index (χ2v) is 12.8. The molecule has 3 heterocycles. The molecule has 7 aromatic carbocycles. The van der Waals surface area contributed by atoms with Crippen molar-refractivity contribution >= 4 is 75.3 Å². The first-order valence-corrected chi connectivity index (χ1v) is 16.1. The van der Waals surface area contributed by atoms with E-state index in [1.807, 2.05) is 11.3 Å². The third-order valence-electron chi connectivity index (χ3n) is 9.22. The van der Waals surface area contributed by atoms with Gasteiger partial charge in [-0.3, -0.25) is 0 Å². The molecule has 3 aromatic heterocycles. The zero-order valence-corrected chi connectivity index (χ0v) is 25.0. The highest BCUT2D eigenvalue weighted by atomic mass is 32.1. The van der Waals surface area contributed by atoms with Gasteiger partial charge in [-0.05, 0) is 65.2 Å². The molecule has 0 saturated heterocycles. The Morgan fingerprint density at radius 2 is 1.07 bits per heavy atom. The minimum Gasteiger partial charge on any atom is -0.455 e. The van der Waals surface area contributed by atoms with Crippen LogP contribution < -0.4 is 0 Å². The molecule has 210 valence electrons. The van der Waals surface area contributed by atoms with Crippen molar-refractivity contribution in [2.24, 2.45) is 0 Å². The maximum absolute atomic E-state index is 6.79. The van der Waals surface area contributed by atoms with E-state index in [1.54, 1.807) is 0 Å². The Labute approximate surface area is 263 Å². The minimum atomic E-state index is 0.939. The van der Waals surface area contributed by atoms with Gasteiger partial charge in [0.2, 0.25) is 0 Å². The van der Waals surface area contributed by atoms with Crippen LogP contribution in [0.15, 0.2) is 156 Å². The molecule has 0 saturated carbocycles. The minimum absolute atomic E-state index is 0.939. The average Bonchev–Trinajstić information content (AvgIpc) is 3.78. The molecule has 0 bridgehead atoms. The second kappa shape index (κ2) is 9.43. The summed E-state index contributed by atoms with van der Waals surface area (Å²) < 4.78 is 11.7. The smallest absolute Gasteiger partial charge is 0.144 e. The summed E-state index contributed by atoms with van der Waals surface area (Å²) in [6.45, 7) is 0. The Bertz CT molecular complexity index is 2700. The maximum atomic E-state index is 6.79. The van der Waals surface area contributed by atoms with E-state index < -0.39 is 0 Å². The molecule has 0 aliphatic carbocycles. The molecular weight excluding hydrogens is 567 g/mol. The fourth-order valence-electron chi connectivity index (χ4n) is 7.16. The van der Waals surface area contributed by atoms with Crippen LogP contribution in [0.1, 0.15) is 0 Å². The van der Waals surface area contributed by atoms with Gasteiger partial charge in [0.05, 0.1) is 11.0 Å². The van der Waals surface area contributed by atoms with Gasteiger partial charge in [-0.15, -0.1) is 11.3 Å². The lowest BCUT2D eigenvalue weighted by Gasteiger charge is -2.10. The molecule has 10 aromatic rings. The number of para-hydroxylation sites is 3. The maximum Gasteiger partial charge on any atom is 0.144 e. The molecule has 0 aliphatic rings. The van der Waals surface area contributed by atoms with Crippen molar-refractivity contribution in [2.75, 3.05) is 0 Å². The quantitative estimate of drug-likeness (QED) is 0.200. The molecule has 0 fully saturated rings. The summed E-state index contributed by atoms with van der Waals surface area (Å²) in [5.74, 6) is 0. The van der Waals surface area contributed by atoms with Crippen molar-refractivity contribution in [1.29, 1.82) is 0 Å². The third kappa shape index (κ3) is 3.62. The van der Waals surface area contributed by atoms with E-state index in [0.29, 0.717) is 0 Å². The van der Waals surface area contributed by atoms with Crippen LogP contribution in [0.3, 0.4) is 0 Å². The number of hydrogen-bond acceptors (Lipinski definition) is 2. The molecule has 0 N–H and O–H groups in total. The number of thiophene rings is 1. The fraction of sp³-hybridized carbons (Fsp3) is 0. The van der Waals surface area contributed by atoms with Gasteiger partial charge < -0.3 is 8.98 Å². The first-order valence-electron chi connectivity index (χ1n) is 15.3. The Morgan fingerprint density at radius 3 is 1.87 bits per heavy atom. The molecule has 0 radical (unpaired) electrons. The largest absolute Gasteiger partial charge is 0.455 e. The summed E-state index contributed by atoms with van der Waals surface area (Å²) in [5.41, 5.74) is 10.1. The van der Waals surface area contributed by atoms with Crippen LogP contribution in [-0.2, 0) is 0 Å². The van der Waals surface area contributed by atoms with Gasteiger partial charge in [-0.1, -0.05) is 103 Å². The van der Waals surface area contributed by atoms with Crippen molar-refractivity contribution in [3.63, 3.8) is 0 Å². The van der Waals surface area contributed by atoms with Crippen LogP contribution in [-0.4, -0.2) is 4.57 Å². The first-order chi connectivity index (χ1) is 22.3. The second-order valence-electron chi connectivity index (χ2n) is 11.7. The highest BCUT2D eigenvalue weighted by molar-refractivity contribution is 7.26. The van der Waals surface area contributed by atoms with Gasteiger partial charge in [0.15, 0.2) is 0 Å². The first kappa shape index (κ1) is 24.8. The monoisotopic (exact) mass is 591 g/mol. The van der Waals surface area contributed by atoms with Gasteiger partial charge in [0.1, 0.15) is 11.2 Å². The summed E-state index contributed by atoms with van der Waals surface area (Å²) in [6, 6.07) is 54.6. The lowest BCUT2D eigenvalue weighted by molar-refractivity contribution is 0.674. The van der Waals surface area contributed by atoms with Crippen molar-refractivity contribution in [3.8, 4) is 27.9 Å². The number of benzene rings is 7. The molecule has 45 heavy (non-hydrogen) atoms. The highest BCUT2D eigenvalue weighted by Gasteiger charge is 2.17. The van der Waals surface area contributed by atoms with Crippen molar-refractivity contribution in [2.45, 2.75) is 0 Å². The van der Waals surface area contributed by atoms with E-state index in [2.05, 4.69) is 156 Å². The average molecular weight is 592 g/mol. The van der Waals surface area contributed by atoms with Gasteiger partial charge in [0.25, 0.3) is 0 Å². The van der Waals surface area contributed by atoms with Crippen LogP contribution in [0.4, 0.5) is 0 Å². The number of rotatable bonds is 3. The highest BCUT2D eigenvalue weighted by Crippen LogP contribution is 2.44. The predicted octanol–water partition coefficient (Wildman–Crippen LogP) is 12.4. The van der Waals surface area contributed by atoms with Crippen molar-refractivity contribution in [1.82, 2.24) is 4.57 Å². The Hall–Kier alpha value is -5.64. The number of aromatic nitrogens is 1. The summed E-state index contributed by atoms with van der Waals surface area (Å²) in [5, 5.41) is 7.35. The number of fused-ring (bicyclic) bond motifs is 10. The summed E-state index contributed by atoms with van der Waals surface area (Å²) in [7, 11) is 0. The predicted molar refractivity (Wildman–Crippen MR) is 192 cm³/mol.